The van der Waals surface area contributed by atoms with Crippen LogP contribution in [0.15, 0.2) is 36.5 Å². The van der Waals surface area contributed by atoms with Gasteiger partial charge in [-0.15, -0.1) is 0 Å². The molecule has 0 amide bonds. The van der Waals surface area contributed by atoms with Crippen LogP contribution in [0.4, 0.5) is 0 Å². The Morgan fingerprint density at radius 1 is 1.15 bits per heavy atom. The molecule has 108 valence electrons. The van der Waals surface area contributed by atoms with E-state index in [9.17, 15) is 0 Å². The van der Waals surface area contributed by atoms with Gasteiger partial charge in [-0.2, -0.15) is 0 Å². The molecule has 2 heteroatoms. The van der Waals surface area contributed by atoms with Gasteiger partial charge in [0, 0.05) is 17.6 Å². The van der Waals surface area contributed by atoms with Gasteiger partial charge in [-0.1, -0.05) is 51.8 Å². The zero-order valence-corrected chi connectivity index (χ0v) is 12.9. The van der Waals surface area contributed by atoms with Gasteiger partial charge in [-0.3, -0.25) is 4.98 Å². The molecule has 0 saturated heterocycles. The second-order valence-corrected chi connectivity index (χ2v) is 5.66. The third kappa shape index (κ3) is 3.57. The maximum atomic E-state index is 4.47. The molecule has 1 aromatic heterocycles. The maximum Gasteiger partial charge on any atom is 0.0705 e. The number of para-hydroxylation sites is 1. The van der Waals surface area contributed by atoms with Gasteiger partial charge >= 0.3 is 0 Å². The van der Waals surface area contributed by atoms with Crippen molar-refractivity contribution in [2.45, 2.75) is 46.1 Å². The maximum absolute atomic E-state index is 4.47. The number of pyridine rings is 1. The average molecular weight is 270 g/mol. The van der Waals surface area contributed by atoms with Gasteiger partial charge in [0.05, 0.1) is 5.52 Å². The molecule has 1 aromatic carbocycles. The molecule has 0 radical (unpaired) electrons. The zero-order valence-electron chi connectivity index (χ0n) is 12.9. The molecular weight excluding hydrogens is 244 g/mol. The van der Waals surface area contributed by atoms with Crippen LogP contribution in [-0.4, -0.2) is 11.5 Å². The first-order valence-corrected chi connectivity index (χ1v) is 7.83. The van der Waals surface area contributed by atoms with Crippen molar-refractivity contribution < 1.29 is 0 Å². The van der Waals surface area contributed by atoms with Crippen molar-refractivity contribution in [2.75, 3.05) is 6.54 Å². The van der Waals surface area contributed by atoms with Crippen molar-refractivity contribution in [3.8, 4) is 0 Å². The molecule has 0 spiro atoms. The van der Waals surface area contributed by atoms with Gasteiger partial charge in [0.2, 0.25) is 0 Å². The Morgan fingerprint density at radius 3 is 2.70 bits per heavy atom. The highest BCUT2D eigenvalue weighted by molar-refractivity contribution is 5.82. The number of rotatable bonds is 7. The molecule has 2 aromatic rings. The van der Waals surface area contributed by atoms with Crippen LogP contribution in [0.2, 0.25) is 0 Å². The van der Waals surface area contributed by atoms with Crippen molar-refractivity contribution in [2.24, 2.45) is 5.92 Å². The summed E-state index contributed by atoms with van der Waals surface area (Å²) in [6, 6.07) is 11.0. The number of nitrogens with zero attached hydrogens (tertiary/aromatic N) is 1. The summed E-state index contributed by atoms with van der Waals surface area (Å²) in [5.74, 6) is 0.746. The van der Waals surface area contributed by atoms with Crippen molar-refractivity contribution in [1.82, 2.24) is 10.3 Å². The summed E-state index contributed by atoms with van der Waals surface area (Å²) >= 11 is 0. The second-order valence-electron chi connectivity index (χ2n) is 5.66. The zero-order chi connectivity index (χ0) is 14.4. The number of hydrogen-bond donors (Lipinski definition) is 1. The van der Waals surface area contributed by atoms with Crippen LogP contribution in [0.25, 0.3) is 10.9 Å². The molecule has 2 unspecified atom stereocenters. The van der Waals surface area contributed by atoms with E-state index in [4.69, 9.17) is 0 Å². The highest BCUT2D eigenvalue weighted by Crippen LogP contribution is 2.28. The van der Waals surface area contributed by atoms with E-state index in [2.05, 4.69) is 61.4 Å². The molecule has 2 rings (SSSR count). The van der Waals surface area contributed by atoms with E-state index in [1.54, 1.807) is 0 Å². The molecule has 0 aliphatic rings. The molecule has 20 heavy (non-hydrogen) atoms. The topological polar surface area (TPSA) is 24.9 Å². The molecule has 0 fully saturated rings. The van der Waals surface area contributed by atoms with E-state index < -0.39 is 0 Å². The van der Waals surface area contributed by atoms with E-state index in [-0.39, 0.29) is 0 Å². The van der Waals surface area contributed by atoms with Gasteiger partial charge in [-0.05, 0) is 36.6 Å². The van der Waals surface area contributed by atoms with Gasteiger partial charge in [0.1, 0.15) is 0 Å². The van der Waals surface area contributed by atoms with Crippen molar-refractivity contribution >= 4 is 10.9 Å². The number of aromatic nitrogens is 1. The van der Waals surface area contributed by atoms with Crippen molar-refractivity contribution in [3.05, 3.63) is 42.1 Å². The highest BCUT2D eigenvalue weighted by atomic mass is 14.9. The fourth-order valence-electron chi connectivity index (χ4n) is 3.00. The minimum absolute atomic E-state index is 0.425. The Bertz CT molecular complexity index is 530. The van der Waals surface area contributed by atoms with Crippen LogP contribution < -0.4 is 5.32 Å². The van der Waals surface area contributed by atoms with E-state index in [1.165, 1.54) is 30.2 Å². The molecule has 1 heterocycles. The SMILES string of the molecule is CCCC(C)CC(NCC)c1ccnc2ccccc12. The summed E-state index contributed by atoms with van der Waals surface area (Å²) in [5.41, 5.74) is 2.48. The fourth-order valence-corrected chi connectivity index (χ4v) is 3.00. The van der Waals surface area contributed by atoms with E-state index in [0.29, 0.717) is 6.04 Å². The normalized spacial score (nSPS) is 14.3. The molecule has 2 nitrogen and oxygen atoms in total. The highest BCUT2D eigenvalue weighted by Gasteiger charge is 2.16. The Balaban J connectivity index is 2.31. The third-order valence-corrected chi connectivity index (χ3v) is 3.93. The van der Waals surface area contributed by atoms with Gasteiger partial charge < -0.3 is 5.32 Å². The quantitative estimate of drug-likeness (QED) is 0.788. The Hall–Kier alpha value is -1.41. The van der Waals surface area contributed by atoms with E-state index >= 15 is 0 Å². The first kappa shape index (κ1) is 15.0. The summed E-state index contributed by atoms with van der Waals surface area (Å²) < 4.78 is 0. The summed E-state index contributed by atoms with van der Waals surface area (Å²) in [4.78, 5) is 4.47. The standard InChI is InChI=1S/C18H26N2/c1-4-8-14(3)13-18(19-5-2)16-11-12-20-17-10-7-6-9-15(16)17/h6-7,9-12,14,18-19H,4-5,8,13H2,1-3H3. The summed E-state index contributed by atoms with van der Waals surface area (Å²) in [5, 5.41) is 4.93. The minimum atomic E-state index is 0.425. The molecule has 2 atom stereocenters. The Kier molecular flexibility index (Phi) is 5.54. The molecule has 0 aliphatic heterocycles. The lowest BCUT2D eigenvalue weighted by Crippen LogP contribution is -2.23. The van der Waals surface area contributed by atoms with Gasteiger partial charge in [0.25, 0.3) is 0 Å². The Morgan fingerprint density at radius 2 is 1.95 bits per heavy atom. The average Bonchev–Trinajstić information content (AvgIpc) is 2.46. The first-order valence-electron chi connectivity index (χ1n) is 7.83. The molecule has 0 bridgehead atoms. The molecule has 0 aliphatic carbocycles. The lowest BCUT2D eigenvalue weighted by atomic mass is 9.91. The van der Waals surface area contributed by atoms with Crippen LogP contribution in [0.3, 0.4) is 0 Å². The number of benzene rings is 1. The number of nitrogens with one attached hydrogen (secondary N) is 1. The minimum Gasteiger partial charge on any atom is -0.310 e. The predicted molar refractivity (Wildman–Crippen MR) is 86.8 cm³/mol. The van der Waals surface area contributed by atoms with Crippen LogP contribution in [-0.2, 0) is 0 Å². The van der Waals surface area contributed by atoms with E-state index in [0.717, 1.165) is 18.0 Å². The van der Waals surface area contributed by atoms with Crippen molar-refractivity contribution in [1.29, 1.82) is 0 Å². The van der Waals surface area contributed by atoms with Crippen LogP contribution in [0.1, 0.15) is 51.6 Å². The third-order valence-electron chi connectivity index (χ3n) is 3.93. The summed E-state index contributed by atoms with van der Waals surface area (Å²) in [7, 11) is 0. The van der Waals surface area contributed by atoms with Crippen LogP contribution in [0, 0.1) is 5.92 Å². The summed E-state index contributed by atoms with van der Waals surface area (Å²) in [6.07, 6.45) is 5.68. The van der Waals surface area contributed by atoms with Crippen molar-refractivity contribution in [3.63, 3.8) is 0 Å². The molecule has 1 N–H and O–H groups in total. The fraction of sp³-hybridized carbons (Fsp3) is 0.500. The number of hydrogen-bond acceptors (Lipinski definition) is 2. The molecular formula is C18H26N2. The van der Waals surface area contributed by atoms with Gasteiger partial charge in [-0.25, -0.2) is 0 Å². The number of fused-ring (bicyclic) bond motifs is 1. The summed E-state index contributed by atoms with van der Waals surface area (Å²) in [6.45, 7) is 7.80. The largest absolute Gasteiger partial charge is 0.310 e. The van der Waals surface area contributed by atoms with Gasteiger partial charge in [0.15, 0.2) is 0 Å². The predicted octanol–water partition coefficient (Wildman–Crippen LogP) is 4.71. The first-order chi connectivity index (χ1) is 9.76. The second kappa shape index (κ2) is 7.39. The molecule has 0 saturated carbocycles. The van der Waals surface area contributed by atoms with Crippen LogP contribution in [0.5, 0.6) is 0 Å². The lowest BCUT2D eigenvalue weighted by Gasteiger charge is -2.23. The lowest BCUT2D eigenvalue weighted by molar-refractivity contribution is 0.397. The smallest absolute Gasteiger partial charge is 0.0705 e. The van der Waals surface area contributed by atoms with Crippen LogP contribution >= 0.6 is 0 Å². The Labute approximate surface area is 122 Å². The van der Waals surface area contributed by atoms with E-state index in [1.807, 2.05) is 6.20 Å². The monoisotopic (exact) mass is 270 g/mol.